The number of piperazine rings is 1. The highest BCUT2D eigenvalue weighted by Crippen LogP contribution is 2.23. The molecule has 0 saturated carbocycles. The number of aromatic nitrogens is 2. The summed E-state index contributed by atoms with van der Waals surface area (Å²) in [5, 5.41) is 10.8. The molecule has 0 spiro atoms. The topological polar surface area (TPSA) is 69.8 Å². The molecule has 7 nitrogen and oxygen atoms in total. The maximum Gasteiger partial charge on any atom is 0.194 e. The first-order valence-electron chi connectivity index (χ1n) is 9.40. The third-order valence-corrected chi connectivity index (χ3v) is 5.51. The normalized spacial score (nSPS) is 16.2. The van der Waals surface area contributed by atoms with Crippen molar-refractivity contribution in [3.05, 3.63) is 33.6 Å². The molecule has 156 valence electrons. The molecule has 28 heavy (non-hydrogen) atoms. The van der Waals surface area contributed by atoms with Gasteiger partial charge in [0.2, 0.25) is 0 Å². The van der Waals surface area contributed by atoms with Gasteiger partial charge in [-0.2, -0.15) is 0 Å². The highest BCUT2D eigenvalue weighted by atomic mass is 127. The van der Waals surface area contributed by atoms with Gasteiger partial charge in [0.25, 0.3) is 0 Å². The summed E-state index contributed by atoms with van der Waals surface area (Å²) in [4.78, 5) is 13.9. The van der Waals surface area contributed by atoms with E-state index in [9.17, 15) is 0 Å². The molecule has 1 N–H and O–H groups in total. The van der Waals surface area contributed by atoms with E-state index in [0.717, 1.165) is 60.8 Å². The summed E-state index contributed by atoms with van der Waals surface area (Å²) in [7, 11) is 1.84. The lowest BCUT2D eigenvalue weighted by Gasteiger charge is -2.36. The fourth-order valence-corrected chi connectivity index (χ4v) is 4.02. The molecular formula is C19H31IN6OS. The van der Waals surface area contributed by atoms with Crippen LogP contribution in [0.2, 0.25) is 0 Å². The summed E-state index contributed by atoms with van der Waals surface area (Å²) in [6.07, 6.45) is 0. The van der Waals surface area contributed by atoms with Crippen LogP contribution in [0.4, 0.5) is 0 Å². The first-order chi connectivity index (χ1) is 12.8. The number of thiazole rings is 1. The number of nitrogens with one attached hydrogen (secondary N) is 1. The Morgan fingerprint density at radius 1 is 1.29 bits per heavy atom. The Hall–Kier alpha value is -1.20. The molecule has 0 unspecified atom stereocenters. The summed E-state index contributed by atoms with van der Waals surface area (Å²) >= 11 is 1.71. The summed E-state index contributed by atoms with van der Waals surface area (Å²) in [6, 6.07) is 2.01. The summed E-state index contributed by atoms with van der Waals surface area (Å²) in [6.45, 7) is 13.9. The van der Waals surface area contributed by atoms with Gasteiger partial charge < -0.3 is 14.7 Å². The minimum atomic E-state index is 0. The van der Waals surface area contributed by atoms with Gasteiger partial charge in [0, 0.05) is 56.6 Å². The number of rotatable bonds is 4. The van der Waals surface area contributed by atoms with E-state index in [0.29, 0.717) is 6.54 Å². The quantitative estimate of drug-likeness (QED) is 0.381. The molecule has 0 aromatic carbocycles. The number of aliphatic imine (C=N–C) groups is 1. The van der Waals surface area contributed by atoms with E-state index >= 15 is 0 Å². The average Bonchev–Trinajstić information content (AvgIpc) is 3.26. The second-order valence-electron chi connectivity index (χ2n) is 7.97. The molecule has 1 aliphatic heterocycles. The fraction of sp³-hybridized carbons (Fsp3) is 0.632. The Morgan fingerprint density at radius 3 is 2.54 bits per heavy atom. The Labute approximate surface area is 188 Å². The molecule has 1 fully saturated rings. The number of aryl methyl sites for hydroxylation is 1. The first kappa shape index (κ1) is 23.1. The smallest absolute Gasteiger partial charge is 0.194 e. The van der Waals surface area contributed by atoms with Crippen LogP contribution in [-0.2, 0) is 18.5 Å². The second kappa shape index (κ2) is 10.0. The predicted octanol–water partition coefficient (Wildman–Crippen LogP) is 3.25. The van der Waals surface area contributed by atoms with Crippen molar-refractivity contribution in [3.8, 4) is 0 Å². The van der Waals surface area contributed by atoms with E-state index in [4.69, 9.17) is 9.51 Å². The van der Waals surface area contributed by atoms with E-state index in [1.54, 1.807) is 11.3 Å². The van der Waals surface area contributed by atoms with Gasteiger partial charge in [-0.25, -0.2) is 4.98 Å². The van der Waals surface area contributed by atoms with Crippen LogP contribution >= 0.6 is 35.3 Å². The zero-order valence-corrected chi connectivity index (χ0v) is 20.5. The summed E-state index contributed by atoms with van der Waals surface area (Å²) in [5.74, 6) is 1.81. The van der Waals surface area contributed by atoms with Crippen molar-refractivity contribution in [3.63, 3.8) is 0 Å². The highest BCUT2D eigenvalue weighted by Gasteiger charge is 2.21. The lowest BCUT2D eigenvalue weighted by molar-refractivity contribution is 0.169. The molecule has 1 aliphatic rings. The summed E-state index contributed by atoms with van der Waals surface area (Å²) < 4.78 is 5.16. The minimum absolute atomic E-state index is 0. The van der Waals surface area contributed by atoms with Crippen molar-refractivity contribution in [2.45, 2.75) is 46.2 Å². The lowest BCUT2D eigenvalue weighted by atomic mass is 9.93. The molecular weight excluding hydrogens is 487 g/mol. The molecule has 0 radical (unpaired) electrons. The van der Waals surface area contributed by atoms with Gasteiger partial charge in [-0.05, 0) is 6.92 Å². The van der Waals surface area contributed by atoms with E-state index < -0.39 is 0 Å². The Morgan fingerprint density at radius 2 is 2.00 bits per heavy atom. The average molecular weight is 518 g/mol. The number of guanidine groups is 1. The Kier molecular flexibility index (Phi) is 8.26. The van der Waals surface area contributed by atoms with E-state index in [-0.39, 0.29) is 29.4 Å². The van der Waals surface area contributed by atoms with Crippen LogP contribution in [0.1, 0.15) is 42.9 Å². The molecule has 0 amide bonds. The van der Waals surface area contributed by atoms with Crippen LogP contribution in [0.5, 0.6) is 0 Å². The Bertz CT molecular complexity index is 773. The van der Waals surface area contributed by atoms with Crippen LogP contribution in [0.3, 0.4) is 0 Å². The molecule has 1 saturated heterocycles. The first-order valence-corrected chi connectivity index (χ1v) is 10.3. The van der Waals surface area contributed by atoms with Crippen molar-refractivity contribution in [1.29, 1.82) is 0 Å². The zero-order chi connectivity index (χ0) is 19.4. The van der Waals surface area contributed by atoms with Crippen LogP contribution in [0.25, 0.3) is 0 Å². The van der Waals surface area contributed by atoms with E-state index in [1.165, 1.54) is 0 Å². The molecule has 9 heteroatoms. The number of nitrogens with zero attached hydrogens (tertiary/aromatic N) is 5. The molecule has 0 bridgehead atoms. The van der Waals surface area contributed by atoms with Crippen LogP contribution in [0, 0.1) is 6.92 Å². The third-order valence-electron chi connectivity index (χ3n) is 4.66. The lowest BCUT2D eigenvalue weighted by Crippen LogP contribution is -2.52. The SMILES string of the molecule is CN=C(NCc1nc(C(C)(C)C)cs1)N1CCN(Cc2cc(C)on2)CC1.I. The zero-order valence-electron chi connectivity index (χ0n) is 17.4. The van der Waals surface area contributed by atoms with Crippen LogP contribution in [0.15, 0.2) is 21.0 Å². The number of hydrogen-bond acceptors (Lipinski definition) is 6. The fourth-order valence-electron chi connectivity index (χ4n) is 3.06. The monoisotopic (exact) mass is 518 g/mol. The molecule has 2 aromatic heterocycles. The number of halogens is 1. The van der Waals surface area contributed by atoms with E-state index in [2.05, 4.69) is 51.4 Å². The third kappa shape index (κ3) is 6.15. The maximum absolute atomic E-state index is 5.16. The maximum atomic E-state index is 5.16. The predicted molar refractivity (Wildman–Crippen MR) is 125 cm³/mol. The second-order valence-corrected chi connectivity index (χ2v) is 8.91. The largest absolute Gasteiger partial charge is 0.361 e. The van der Waals surface area contributed by atoms with Crippen molar-refractivity contribution in [2.75, 3.05) is 33.2 Å². The van der Waals surface area contributed by atoms with Gasteiger partial charge in [-0.3, -0.25) is 9.89 Å². The van der Waals surface area contributed by atoms with E-state index in [1.807, 2.05) is 20.0 Å². The minimum Gasteiger partial charge on any atom is -0.361 e. The molecule has 0 aliphatic carbocycles. The van der Waals surface area contributed by atoms with Gasteiger partial charge in [-0.1, -0.05) is 25.9 Å². The van der Waals surface area contributed by atoms with Crippen molar-refractivity contribution in [2.24, 2.45) is 4.99 Å². The van der Waals surface area contributed by atoms with Crippen molar-refractivity contribution in [1.82, 2.24) is 25.3 Å². The highest BCUT2D eigenvalue weighted by molar-refractivity contribution is 14.0. The van der Waals surface area contributed by atoms with Gasteiger partial charge >= 0.3 is 0 Å². The standard InChI is InChI=1S/C19H30N6OS.HI/c1-14-10-15(23-26-14)12-24-6-8-25(9-7-24)18(20-5)21-11-17-22-16(13-27-17)19(2,3)4;/h10,13H,6-9,11-12H2,1-5H3,(H,20,21);1H. The van der Waals surface area contributed by atoms with Crippen LogP contribution in [-0.4, -0.2) is 59.1 Å². The van der Waals surface area contributed by atoms with Gasteiger partial charge in [0.1, 0.15) is 10.8 Å². The molecule has 2 aromatic rings. The molecule has 3 rings (SSSR count). The van der Waals surface area contributed by atoms with Gasteiger partial charge in [0.05, 0.1) is 17.9 Å². The Balaban J connectivity index is 0.00000280. The van der Waals surface area contributed by atoms with Crippen molar-refractivity contribution < 1.29 is 4.52 Å². The summed E-state index contributed by atoms with van der Waals surface area (Å²) in [5.41, 5.74) is 2.24. The van der Waals surface area contributed by atoms with Crippen molar-refractivity contribution >= 4 is 41.3 Å². The van der Waals surface area contributed by atoms with Gasteiger partial charge in [0.15, 0.2) is 5.96 Å². The molecule has 3 heterocycles. The van der Waals surface area contributed by atoms with Crippen LogP contribution < -0.4 is 5.32 Å². The van der Waals surface area contributed by atoms with Gasteiger partial charge in [-0.15, -0.1) is 35.3 Å². The number of hydrogen-bond donors (Lipinski definition) is 1. The molecule has 0 atom stereocenters.